The molecule has 35 heavy (non-hydrogen) atoms. The van der Waals surface area contributed by atoms with Crippen LogP contribution in [-0.2, 0) is 10.5 Å². The molecule has 1 aliphatic carbocycles. The Morgan fingerprint density at radius 3 is 1.94 bits per heavy atom. The highest BCUT2D eigenvalue weighted by atomic mass is 79.9. The minimum atomic E-state index is -2.22. The molecule has 8 heteroatoms. The van der Waals surface area contributed by atoms with Gasteiger partial charge in [-0.15, -0.1) is 0 Å². The maximum atomic E-state index is 13.7. The third kappa shape index (κ3) is 4.50. The van der Waals surface area contributed by atoms with Gasteiger partial charge in [0, 0.05) is 20.2 Å². The summed E-state index contributed by atoms with van der Waals surface area (Å²) >= 11 is 6.77. The molecule has 5 rings (SSSR count). The topological polar surface area (TPSA) is 70.1 Å². The van der Waals surface area contributed by atoms with Crippen LogP contribution in [0.5, 0.6) is 5.75 Å². The number of urea groups is 1. The lowest BCUT2D eigenvalue weighted by atomic mass is 10.00. The van der Waals surface area contributed by atoms with Crippen LogP contribution < -0.4 is 14.5 Å². The number of ether oxygens (including phenoxy) is 1. The van der Waals surface area contributed by atoms with Gasteiger partial charge in [0.15, 0.2) is 0 Å². The molecule has 1 aliphatic heterocycles. The molecule has 180 valence electrons. The predicted molar refractivity (Wildman–Crippen MR) is 141 cm³/mol. The Balaban J connectivity index is 1.51. The van der Waals surface area contributed by atoms with Gasteiger partial charge in [0.1, 0.15) is 5.75 Å². The number of halogens is 2. The van der Waals surface area contributed by atoms with Gasteiger partial charge in [-0.05, 0) is 91.6 Å². The van der Waals surface area contributed by atoms with Crippen molar-refractivity contribution in [2.75, 3.05) is 16.4 Å². The Hall–Kier alpha value is -2.68. The standard InChI is InChI=1S/C27H24Br2N2O4/c28-20-7-11-22(12-8-20)30-25(32)27(34,31(26(30)33)23-13-9-21(29)10-14-23)19-5-15-24(16-6-19)35-17-18-3-1-2-4-18/h5-16,18,34H,1-4,17H2. The number of rotatable bonds is 6. The van der Waals surface area contributed by atoms with Crippen LogP contribution in [0.25, 0.3) is 0 Å². The first-order chi connectivity index (χ1) is 16.9. The second kappa shape index (κ2) is 9.76. The van der Waals surface area contributed by atoms with E-state index in [-0.39, 0.29) is 5.56 Å². The molecule has 1 unspecified atom stereocenters. The van der Waals surface area contributed by atoms with Gasteiger partial charge in [0.25, 0.3) is 11.6 Å². The summed E-state index contributed by atoms with van der Waals surface area (Å²) in [5.74, 6) is 0.494. The summed E-state index contributed by atoms with van der Waals surface area (Å²) < 4.78 is 7.58. The van der Waals surface area contributed by atoms with Crippen LogP contribution >= 0.6 is 31.9 Å². The number of hydrogen-bond acceptors (Lipinski definition) is 4. The van der Waals surface area contributed by atoms with Gasteiger partial charge < -0.3 is 9.84 Å². The smallest absolute Gasteiger partial charge is 0.339 e. The number of carbonyl (C=O) groups is 2. The van der Waals surface area contributed by atoms with Gasteiger partial charge in [-0.3, -0.25) is 9.69 Å². The molecule has 3 amide bonds. The lowest BCUT2D eigenvalue weighted by Crippen LogP contribution is -2.47. The maximum absolute atomic E-state index is 13.7. The van der Waals surface area contributed by atoms with Crippen molar-refractivity contribution in [3.05, 3.63) is 87.3 Å². The molecule has 0 aromatic heterocycles. The summed E-state index contributed by atoms with van der Waals surface area (Å²) in [6.07, 6.45) is 4.86. The van der Waals surface area contributed by atoms with E-state index in [1.54, 1.807) is 72.8 Å². The predicted octanol–water partition coefficient (Wildman–Crippen LogP) is 6.60. The summed E-state index contributed by atoms with van der Waals surface area (Å²) in [5.41, 5.74) is -1.17. The van der Waals surface area contributed by atoms with Gasteiger partial charge in [-0.25, -0.2) is 9.69 Å². The molecular weight excluding hydrogens is 576 g/mol. The minimum Gasteiger partial charge on any atom is -0.493 e. The van der Waals surface area contributed by atoms with Crippen molar-refractivity contribution in [2.24, 2.45) is 5.92 Å². The summed E-state index contributed by atoms with van der Waals surface area (Å²) in [5, 5.41) is 11.9. The summed E-state index contributed by atoms with van der Waals surface area (Å²) in [6.45, 7) is 0.656. The number of aliphatic hydroxyl groups is 1. The van der Waals surface area contributed by atoms with Crippen LogP contribution in [0, 0.1) is 5.92 Å². The van der Waals surface area contributed by atoms with E-state index in [0.29, 0.717) is 29.6 Å². The highest BCUT2D eigenvalue weighted by Gasteiger charge is 2.59. The number of benzene rings is 3. The largest absolute Gasteiger partial charge is 0.493 e. The lowest BCUT2D eigenvalue weighted by molar-refractivity contribution is -0.133. The number of anilines is 2. The van der Waals surface area contributed by atoms with E-state index in [2.05, 4.69) is 31.9 Å². The minimum absolute atomic E-state index is 0.284. The van der Waals surface area contributed by atoms with E-state index < -0.39 is 17.7 Å². The molecule has 2 fully saturated rings. The van der Waals surface area contributed by atoms with Crippen LogP contribution in [0.15, 0.2) is 81.7 Å². The van der Waals surface area contributed by atoms with Crippen molar-refractivity contribution in [3.63, 3.8) is 0 Å². The van der Waals surface area contributed by atoms with Gasteiger partial charge in [0.2, 0.25) is 0 Å². The molecule has 1 N–H and O–H groups in total. The molecule has 6 nitrogen and oxygen atoms in total. The second-order valence-corrected chi connectivity index (χ2v) is 10.7. The number of carbonyl (C=O) groups excluding carboxylic acids is 2. The SMILES string of the molecule is O=C1N(c2ccc(Br)cc2)C(=O)C(O)(c2ccc(OCC3CCCC3)cc2)N1c1ccc(Br)cc1. The van der Waals surface area contributed by atoms with Crippen molar-refractivity contribution in [1.82, 2.24) is 0 Å². The average molecular weight is 600 g/mol. The van der Waals surface area contributed by atoms with Crippen molar-refractivity contribution < 1.29 is 19.4 Å². The van der Waals surface area contributed by atoms with Crippen molar-refractivity contribution in [3.8, 4) is 5.75 Å². The molecule has 0 radical (unpaired) electrons. The zero-order valence-corrected chi connectivity index (χ0v) is 22.0. The van der Waals surface area contributed by atoms with E-state index in [1.807, 2.05) is 0 Å². The first-order valence-corrected chi connectivity index (χ1v) is 13.1. The molecule has 1 saturated heterocycles. The Kier molecular flexibility index (Phi) is 6.70. The fourth-order valence-electron chi connectivity index (χ4n) is 4.71. The van der Waals surface area contributed by atoms with Gasteiger partial charge in [-0.2, -0.15) is 0 Å². The third-order valence-corrected chi connectivity index (χ3v) is 7.65. The lowest BCUT2D eigenvalue weighted by Gasteiger charge is -2.30. The normalized spacial score (nSPS) is 20.7. The molecule has 2 aliphatic rings. The first-order valence-electron chi connectivity index (χ1n) is 11.5. The van der Waals surface area contributed by atoms with Gasteiger partial charge in [0.05, 0.1) is 12.3 Å². The van der Waals surface area contributed by atoms with Crippen LogP contribution in [0.3, 0.4) is 0 Å². The quantitative estimate of drug-likeness (QED) is 0.324. The first kappa shape index (κ1) is 24.0. The molecule has 3 aromatic carbocycles. The van der Waals surface area contributed by atoms with Crippen LogP contribution in [-0.4, -0.2) is 23.7 Å². The van der Waals surface area contributed by atoms with Gasteiger partial charge >= 0.3 is 6.03 Å². The maximum Gasteiger partial charge on any atom is 0.339 e. The molecule has 3 aromatic rings. The van der Waals surface area contributed by atoms with E-state index >= 15 is 0 Å². The zero-order chi connectivity index (χ0) is 24.6. The van der Waals surface area contributed by atoms with Crippen molar-refractivity contribution >= 4 is 55.2 Å². The summed E-state index contributed by atoms with van der Waals surface area (Å²) in [7, 11) is 0. The molecular formula is C27H24Br2N2O4. The van der Waals surface area contributed by atoms with Crippen LogP contribution in [0.1, 0.15) is 31.2 Å². The van der Waals surface area contributed by atoms with Crippen molar-refractivity contribution in [1.29, 1.82) is 0 Å². The Morgan fingerprint density at radius 2 is 1.37 bits per heavy atom. The molecule has 0 bridgehead atoms. The third-order valence-electron chi connectivity index (χ3n) is 6.59. The number of nitrogens with zero attached hydrogens (tertiary/aromatic N) is 2. The van der Waals surface area contributed by atoms with E-state index in [4.69, 9.17) is 4.74 Å². The average Bonchev–Trinajstić information content (AvgIpc) is 3.45. The summed E-state index contributed by atoms with van der Waals surface area (Å²) in [6, 6.07) is 19.8. The Morgan fingerprint density at radius 1 is 0.829 bits per heavy atom. The van der Waals surface area contributed by atoms with Crippen LogP contribution in [0.4, 0.5) is 16.2 Å². The number of imide groups is 1. The number of hydrogen-bond donors (Lipinski definition) is 1. The van der Waals surface area contributed by atoms with E-state index in [1.165, 1.54) is 25.7 Å². The highest BCUT2D eigenvalue weighted by Crippen LogP contribution is 2.42. The molecule has 1 atom stereocenters. The molecule has 0 spiro atoms. The number of amides is 3. The molecule has 1 heterocycles. The monoisotopic (exact) mass is 598 g/mol. The van der Waals surface area contributed by atoms with Gasteiger partial charge in [-0.1, -0.05) is 44.7 Å². The molecule has 1 saturated carbocycles. The summed E-state index contributed by atoms with van der Waals surface area (Å²) in [4.78, 5) is 29.5. The fourth-order valence-corrected chi connectivity index (χ4v) is 5.24. The van der Waals surface area contributed by atoms with Crippen LogP contribution in [0.2, 0.25) is 0 Å². The zero-order valence-electron chi connectivity index (χ0n) is 18.9. The van der Waals surface area contributed by atoms with E-state index in [9.17, 15) is 14.7 Å². The van der Waals surface area contributed by atoms with E-state index in [0.717, 1.165) is 18.7 Å². The van der Waals surface area contributed by atoms with Crippen molar-refractivity contribution in [2.45, 2.75) is 31.4 Å². The Labute approximate surface area is 220 Å². The second-order valence-electron chi connectivity index (χ2n) is 8.87. The fraction of sp³-hybridized carbons (Fsp3) is 0.259. The Bertz CT molecular complexity index is 1230. The highest BCUT2D eigenvalue weighted by molar-refractivity contribution is 9.10.